The number of aliphatic hydroxyl groups is 1. The molecule has 0 radical (unpaired) electrons. The van der Waals surface area contributed by atoms with Crippen molar-refractivity contribution < 1.29 is 19.8 Å². The maximum Gasteiger partial charge on any atom is 0.179 e. The van der Waals surface area contributed by atoms with Gasteiger partial charge in [-0.3, -0.25) is 0 Å². The number of fused-ring (bicyclic) bond motifs is 3. The fraction of sp³-hybridized carbons (Fsp3) is 0.240. The first-order valence-electron chi connectivity index (χ1n) is 10.3. The average Bonchev–Trinajstić information content (AvgIpc) is 3.23. The molecule has 2 aliphatic rings. The molecule has 2 N–H and O–H groups in total. The zero-order chi connectivity index (χ0) is 22.3. The smallest absolute Gasteiger partial charge is 0.179 e. The molecule has 3 aromatic rings. The molecular weight excluding hydrogens is 449 g/mol. The van der Waals surface area contributed by atoms with Gasteiger partial charge in [-0.25, -0.2) is 0 Å². The van der Waals surface area contributed by atoms with Crippen LogP contribution in [0.1, 0.15) is 29.0 Å². The molecule has 1 saturated carbocycles. The fourth-order valence-corrected chi connectivity index (χ4v) is 5.28. The maximum atomic E-state index is 12.3. The molecule has 0 spiro atoms. The summed E-state index contributed by atoms with van der Waals surface area (Å²) in [6.45, 7) is 0.350. The second-order valence-electron chi connectivity index (χ2n) is 7.96. The Labute approximate surface area is 195 Å². The summed E-state index contributed by atoms with van der Waals surface area (Å²) in [4.78, 5) is 0. The summed E-state index contributed by atoms with van der Waals surface area (Å²) in [5.74, 6) is 1.09. The molecule has 3 atom stereocenters. The summed E-state index contributed by atoms with van der Waals surface area (Å²) in [7, 11) is 0. The highest BCUT2D eigenvalue weighted by Gasteiger charge is 2.72. The molecule has 1 aliphatic heterocycles. The summed E-state index contributed by atoms with van der Waals surface area (Å²) < 4.78 is 12.3. The molecule has 0 saturated heterocycles. The molecular formula is C25H21Cl2NO4. The Morgan fingerprint density at radius 3 is 2.50 bits per heavy atom. The third-order valence-electron chi connectivity index (χ3n) is 6.40. The van der Waals surface area contributed by atoms with Crippen LogP contribution in [0.15, 0.2) is 78.0 Å². The van der Waals surface area contributed by atoms with Crippen molar-refractivity contribution in [1.29, 1.82) is 0 Å². The van der Waals surface area contributed by atoms with E-state index in [9.17, 15) is 10.3 Å². The van der Waals surface area contributed by atoms with Crippen LogP contribution >= 0.6 is 23.2 Å². The Morgan fingerprint density at radius 1 is 1.06 bits per heavy atom. The lowest BCUT2D eigenvalue weighted by atomic mass is 9.71. The number of ether oxygens (including phenoxy) is 2. The zero-order valence-corrected chi connectivity index (χ0v) is 18.6. The van der Waals surface area contributed by atoms with Gasteiger partial charge in [0.25, 0.3) is 0 Å². The Balaban J connectivity index is 1.75. The van der Waals surface area contributed by atoms with Crippen molar-refractivity contribution in [3.63, 3.8) is 0 Å². The van der Waals surface area contributed by atoms with Crippen molar-refractivity contribution in [2.75, 3.05) is 12.5 Å². The average molecular weight is 470 g/mol. The van der Waals surface area contributed by atoms with E-state index in [4.69, 9.17) is 32.7 Å². The standard InChI is InChI=1S/C25H21Cl2NO4/c26-12-13-31-19-10-11-20-22(14-19)32-25(17-6-8-18(27)9-7-17)21(16-4-2-1-3-5-16)15-23(28-30)24(20,25)29/h1-11,14,21,29-30H,12-13,15H2/b28-23+/t21-,24-,25-/m0/s1. The first-order valence-corrected chi connectivity index (χ1v) is 11.2. The minimum Gasteiger partial charge on any atom is -0.492 e. The van der Waals surface area contributed by atoms with E-state index < -0.39 is 11.2 Å². The number of oxime groups is 1. The molecule has 0 aromatic heterocycles. The van der Waals surface area contributed by atoms with E-state index in [1.165, 1.54) is 0 Å². The maximum absolute atomic E-state index is 12.3. The molecule has 164 valence electrons. The lowest BCUT2D eigenvalue weighted by Crippen LogP contribution is -2.50. The number of hydrogen-bond donors (Lipinski definition) is 2. The van der Waals surface area contributed by atoms with Crippen LogP contribution in [0.4, 0.5) is 0 Å². The highest BCUT2D eigenvalue weighted by Crippen LogP contribution is 2.65. The molecule has 0 amide bonds. The van der Waals surface area contributed by atoms with Gasteiger partial charge in [-0.1, -0.05) is 59.2 Å². The molecule has 5 nitrogen and oxygen atoms in total. The van der Waals surface area contributed by atoms with Crippen molar-refractivity contribution >= 4 is 28.9 Å². The second-order valence-corrected chi connectivity index (χ2v) is 8.78. The Bertz CT molecular complexity index is 1170. The highest BCUT2D eigenvalue weighted by atomic mass is 35.5. The number of nitrogens with zero attached hydrogens (tertiary/aromatic N) is 1. The number of hydrogen-bond acceptors (Lipinski definition) is 5. The lowest BCUT2D eigenvalue weighted by molar-refractivity contribution is -0.0749. The van der Waals surface area contributed by atoms with Crippen molar-refractivity contribution in [2.24, 2.45) is 5.16 Å². The summed E-state index contributed by atoms with van der Waals surface area (Å²) in [5.41, 5.74) is -0.474. The predicted octanol–water partition coefficient (Wildman–Crippen LogP) is 5.45. The van der Waals surface area contributed by atoms with Crippen LogP contribution in [0.25, 0.3) is 0 Å². The molecule has 32 heavy (non-hydrogen) atoms. The van der Waals surface area contributed by atoms with Crippen LogP contribution in [-0.4, -0.2) is 28.5 Å². The third kappa shape index (κ3) is 2.92. The van der Waals surface area contributed by atoms with Crippen LogP contribution in [0.5, 0.6) is 11.5 Å². The van der Waals surface area contributed by atoms with Crippen LogP contribution in [0.3, 0.4) is 0 Å². The molecule has 7 heteroatoms. The highest BCUT2D eigenvalue weighted by molar-refractivity contribution is 6.30. The SMILES string of the molecule is O/N=C1\C[C@@H](c2ccccc2)[C@]2(c3ccc(Cl)cc3)Oc3cc(OCCCl)ccc3[C@]12O. The van der Waals surface area contributed by atoms with Gasteiger partial charge in [-0.2, -0.15) is 0 Å². The van der Waals surface area contributed by atoms with E-state index in [2.05, 4.69) is 5.16 Å². The van der Waals surface area contributed by atoms with E-state index in [1.807, 2.05) is 42.5 Å². The van der Waals surface area contributed by atoms with E-state index >= 15 is 0 Å². The molecule has 1 heterocycles. The molecule has 0 unspecified atom stereocenters. The first kappa shape index (κ1) is 21.1. The van der Waals surface area contributed by atoms with Crippen molar-refractivity contribution in [2.45, 2.75) is 23.5 Å². The second kappa shape index (κ2) is 8.00. The largest absolute Gasteiger partial charge is 0.492 e. The van der Waals surface area contributed by atoms with Crippen LogP contribution in [0.2, 0.25) is 5.02 Å². The first-order chi connectivity index (χ1) is 15.5. The molecule has 5 rings (SSSR count). The normalized spacial score (nSPS) is 27.1. The fourth-order valence-electron chi connectivity index (χ4n) is 5.08. The molecule has 1 aliphatic carbocycles. The van der Waals surface area contributed by atoms with Gasteiger partial charge in [0, 0.05) is 29.0 Å². The summed E-state index contributed by atoms with van der Waals surface area (Å²) in [6.07, 6.45) is 0.323. The Morgan fingerprint density at radius 2 is 1.81 bits per heavy atom. The minimum atomic E-state index is -1.68. The Kier molecular flexibility index (Phi) is 5.28. The molecule has 3 aromatic carbocycles. The third-order valence-corrected chi connectivity index (χ3v) is 6.81. The molecule has 0 bridgehead atoms. The minimum absolute atomic E-state index is 0.245. The van der Waals surface area contributed by atoms with Crippen LogP contribution in [-0.2, 0) is 11.2 Å². The topological polar surface area (TPSA) is 71.3 Å². The number of alkyl halides is 1. The molecule has 1 fully saturated rings. The van der Waals surface area contributed by atoms with Gasteiger partial charge in [-0.05, 0) is 35.4 Å². The van der Waals surface area contributed by atoms with Crippen molar-refractivity contribution in [1.82, 2.24) is 0 Å². The van der Waals surface area contributed by atoms with Crippen molar-refractivity contribution in [3.8, 4) is 11.5 Å². The van der Waals surface area contributed by atoms with E-state index in [-0.39, 0.29) is 11.6 Å². The van der Waals surface area contributed by atoms with Gasteiger partial charge in [0.2, 0.25) is 0 Å². The Hall–Kier alpha value is -2.73. The van der Waals surface area contributed by atoms with Crippen LogP contribution < -0.4 is 9.47 Å². The van der Waals surface area contributed by atoms with Gasteiger partial charge < -0.3 is 19.8 Å². The van der Waals surface area contributed by atoms with Gasteiger partial charge in [0.05, 0.1) is 11.6 Å². The number of rotatable bonds is 5. The van der Waals surface area contributed by atoms with E-state index in [0.29, 0.717) is 41.0 Å². The number of benzene rings is 3. The zero-order valence-electron chi connectivity index (χ0n) is 17.0. The summed E-state index contributed by atoms with van der Waals surface area (Å²) in [6, 6.07) is 22.3. The van der Waals surface area contributed by atoms with Gasteiger partial charge in [-0.15, -0.1) is 11.6 Å². The van der Waals surface area contributed by atoms with Gasteiger partial charge in [0.1, 0.15) is 18.1 Å². The van der Waals surface area contributed by atoms with Crippen molar-refractivity contribution in [3.05, 3.63) is 94.5 Å². The monoisotopic (exact) mass is 469 g/mol. The van der Waals surface area contributed by atoms with Crippen LogP contribution in [0, 0.1) is 0 Å². The summed E-state index contributed by atoms with van der Waals surface area (Å²) >= 11 is 11.9. The van der Waals surface area contributed by atoms with Gasteiger partial charge >= 0.3 is 0 Å². The number of halogens is 2. The quantitative estimate of drug-likeness (QED) is 0.296. The summed E-state index contributed by atoms with van der Waals surface area (Å²) in [5, 5.41) is 26.4. The van der Waals surface area contributed by atoms with E-state index in [1.54, 1.807) is 30.3 Å². The lowest BCUT2D eigenvalue weighted by Gasteiger charge is -2.39. The van der Waals surface area contributed by atoms with Gasteiger partial charge in [0.15, 0.2) is 11.2 Å². The van der Waals surface area contributed by atoms with E-state index in [0.717, 1.165) is 11.1 Å². The predicted molar refractivity (Wildman–Crippen MR) is 123 cm³/mol.